The van der Waals surface area contributed by atoms with Gasteiger partial charge in [0.15, 0.2) is 5.69 Å². The zero-order valence-electron chi connectivity index (χ0n) is 22.2. The second-order valence-electron chi connectivity index (χ2n) is 10.6. The molecular formula is C30H36FN3O3. The van der Waals surface area contributed by atoms with E-state index in [0.717, 1.165) is 12.2 Å². The van der Waals surface area contributed by atoms with Crippen LogP contribution in [0.1, 0.15) is 55.4 Å². The van der Waals surface area contributed by atoms with Crippen molar-refractivity contribution in [2.45, 2.75) is 46.7 Å². The molecule has 1 N–H and O–H groups in total. The van der Waals surface area contributed by atoms with Crippen LogP contribution in [-0.4, -0.2) is 40.9 Å². The summed E-state index contributed by atoms with van der Waals surface area (Å²) >= 11 is 0. The smallest absolute Gasteiger partial charge is 0.358 e. The first-order chi connectivity index (χ1) is 17.6. The lowest BCUT2D eigenvalue weighted by Crippen LogP contribution is -2.43. The Balaban J connectivity index is 1.81. The van der Waals surface area contributed by atoms with Crippen molar-refractivity contribution >= 4 is 11.8 Å². The average Bonchev–Trinajstić information content (AvgIpc) is 3.19. The van der Waals surface area contributed by atoms with Gasteiger partial charge in [-0.3, -0.25) is 4.90 Å². The molecule has 2 aromatic carbocycles. The van der Waals surface area contributed by atoms with Crippen molar-refractivity contribution in [1.82, 2.24) is 9.47 Å². The number of hydrogen-bond donors (Lipinski definition) is 1. The standard InChI is InChI=1S/C30H36FN3O3/c1-6-37-29(36)28-25(35)18-27-33(20-32(5)19-21-12-8-7-9-13-21)26(30(2,3)4)17-23(34(27)28)16-22-14-10-11-15-24(22)31/h7-15,17-18,23,35H,6,16,19-20H2,1-5H3. The molecule has 0 spiro atoms. The third kappa shape index (κ3) is 5.72. The van der Waals surface area contributed by atoms with Crippen LogP contribution in [0.4, 0.5) is 10.2 Å². The summed E-state index contributed by atoms with van der Waals surface area (Å²) in [5.74, 6) is -0.371. The van der Waals surface area contributed by atoms with E-state index in [0.29, 0.717) is 24.5 Å². The summed E-state index contributed by atoms with van der Waals surface area (Å²) in [6.07, 6.45) is 2.42. The minimum atomic E-state index is -0.602. The number of carbonyl (C=O) groups is 1. The lowest BCUT2D eigenvalue weighted by molar-refractivity contribution is 0.0508. The largest absolute Gasteiger partial charge is 0.505 e. The number of halogens is 1. The number of fused-ring (bicyclic) bond motifs is 1. The molecule has 6 nitrogen and oxygen atoms in total. The minimum Gasteiger partial charge on any atom is -0.505 e. The van der Waals surface area contributed by atoms with Crippen LogP contribution in [0.2, 0.25) is 0 Å². The van der Waals surface area contributed by atoms with E-state index in [1.807, 2.05) is 25.2 Å². The van der Waals surface area contributed by atoms with Crippen LogP contribution in [0.5, 0.6) is 5.75 Å². The molecule has 0 fully saturated rings. The summed E-state index contributed by atoms with van der Waals surface area (Å²) in [5.41, 5.74) is 2.59. The van der Waals surface area contributed by atoms with Gasteiger partial charge < -0.3 is 19.3 Å². The number of allylic oxidation sites excluding steroid dienone is 2. The summed E-state index contributed by atoms with van der Waals surface area (Å²) < 4.78 is 21.8. The van der Waals surface area contributed by atoms with Crippen LogP contribution in [0, 0.1) is 11.2 Å². The number of esters is 1. The molecule has 7 heteroatoms. The Morgan fingerprint density at radius 1 is 1.11 bits per heavy atom. The Labute approximate surface area is 218 Å². The highest BCUT2D eigenvalue weighted by molar-refractivity contribution is 5.92. The molecule has 1 aliphatic heterocycles. The van der Waals surface area contributed by atoms with Gasteiger partial charge in [-0.15, -0.1) is 0 Å². The fourth-order valence-corrected chi connectivity index (χ4v) is 4.94. The average molecular weight is 506 g/mol. The molecule has 0 aliphatic carbocycles. The number of anilines is 1. The number of aromatic nitrogens is 1. The zero-order valence-corrected chi connectivity index (χ0v) is 22.2. The van der Waals surface area contributed by atoms with Crippen LogP contribution in [0.15, 0.2) is 72.4 Å². The molecule has 0 radical (unpaired) electrons. The lowest BCUT2D eigenvalue weighted by atomic mass is 9.87. The summed E-state index contributed by atoms with van der Waals surface area (Å²) in [6.45, 7) is 9.56. The Hall–Kier alpha value is -3.58. The van der Waals surface area contributed by atoms with Crippen LogP contribution in [0.25, 0.3) is 0 Å². The second-order valence-corrected chi connectivity index (χ2v) is 10.6. The highest BCUT2D eigenvalue weighted by Crippen LogP contribution is 2.44. The molecule has 0 bridgehead atoms. The fourth-order valence-electron chi connectivity index (χ4n) is 4.94. The number of nitrogens with zero attached hydrogens (tertiary/aromatic N) is 3. The maximum atomic E-state index is 14.7. The summed E-state index contributed by atoms with van der Waals surface area (Å²) in [4.78, 5) is 17.3. The highest BCUT2D eigenvalue weighted by atomic mass is 19.1. The Bertz CT molecular complexity index is 1280. The van der Waals surface area contributed by atoms with E-state index in [9.17, 15) is 14.3 Å². The van der Waals surface area contributed by atoms with Crippen LogP contribution in [0.3, 0.4) is 0 Å². The number of carbonyl (C=O) groups excluding carboxylic acids is 1. The first kappa shape index (κ1) is 26.5. The molecule has 1 atom stereocenters. The normalized spacial score (nSPS) is 15.5. The van der Waals surface area contributed by atoms with Gasteiger partial charge in [-0.05, 0) is 43.7 Å². The van der Waals surface area contributed by atoms with Crippen LogP contribution < -0.4 is 4.90 Å². The number of rotatable bonds is 8. The van der Waals surface area contributed by atoms with Crippen molar-refractivity contribution in [3.8, 4) is 5.75 Å². The number of hydrogen-bond acceptors (Lipinski definition) is 5. The first-order valence-electron chi connectivity index (χ1n) is 12.7. The van der Waals surface area contributed by atoms with Gasteiger partial charge in [-0.1, -0.05) is 69.3 Å². The number of ether oxygens (including phenoxy) is 1. The fraction of sp³-hybridized carbons (Fsp3) is 0.367. The third-order valence-electron chi connectivity index (χ3n) is 6.55. The van der Waals surface area contributed by atoms with E-state index in [4.69, 9.17) is 4.74 Å². The Morgan fingerprint density at radius 2 is 1.78 bits per heavy atom. The summed E-state index contributed by atoms with van der Waals surface area (Å²) in [7, 11) is 2.04. The maximum absolute atomic E-state index is 14.7. The van der Waals surface area contributed by atoms with Gasteiger partial charge >= 0.3 is 5.97 Å². The Kier molecular flexibility index (Phi) is 7.73. The summed E-state index contributed by atoms with van der Waals surface area (Å²) in [5, 5.41) is 11.0. The van der Waals surface area contributed by atoms with Crippen molar-refractivity contribution in [1.29, 1.82) is 0 Å². The molecule has 3 aromatic rings. The molecule has 1 unspecified atom stereocenters. The predicted octanol–water partition coefficient (Wildman–Crippen LogP) is 6.13. The molecule has 2 heterocycles. The van der Waals surface area contributed by atoms with Gasteiger partial charge in [-0.25, -0.2) is 9.18 Å². The van der Waals surface area contributed by atoms with Gasteiger partial charge in [0, 0.05) is 23.7 Å². The predicted molar refractivity (Wildman–Crippen MR) is 144 cm³/mol. The van der Waals surface area contributed by atoms with Gasteiger partial charge in [0.2, 0.25) is 0 Å². The van der Waals surface area contributed by atoms with Crippen molar-refractivity contribution < 1.29 is 19.0 Å². The molecule has 0 amide bonds. The van der Waals surface area contributed by atoms with E-state index < -0.39 is 12.0 Å². The molecular weight excluding hydrogens is 469 g/mol. The Morgan fingerprint density at radius 3 is 2.43 bits per heavy atom. The first-order valence-corrected chi connectivity index (χ1v) is 12.7. The number of benzene rings is 2. The second kappa shape index (κ2) is 10.8. The third-order valence-corrected chi connectivity index (χ3v) is 6.55. The molecule has 196 valence electrons. The van der Waals surface area contributed by atoms with Crippen molar-refractivity contribution in [3.05, 3.63) is 95.1 Å². The highest BCUT2D eigenvalue weighted by Gasteiger charge is 2.37. The van der Waals surface area contributed by atoms with Gasteiger partial charge in [0.25, 0.3) is 0 Å². The van der Waals surface area contributed by atoms with E-state index in [1.54, 1.807) is 35.8 Å². The quantitative estimate of drug-likeness (QED) is 0.373. The topological polar surface area (TPSA) is 57.9 Å². The van der Waals surface area contributed by atoms with E-state index in [1.165, 1.54) is 11.6 Å². The molecule has 4 rings (SSSR count). The zero-order chi connectivity index (χ0) is 26.7. The number of aromatic hydroxyl groups is 1. The van der Waals surface area contributed by atoms with Gasteiger partial charge in [0.1, 0.15) is 17.4 Å². The maximum Gasteiger partial charge on any atom is 0.358 e. The molecule has 1 aromatic heterocycles. The SMILES string of the molecule is CCOC(=O)c1c(O)cc2n1C(Cc1ccccc1F)C=C(C(C)(C)C)N2CN(C)Cc1ccccc1. The van der Waals surface area contributed by atoms with E-state index in [-0.39, 0.29) is 29.3 Å². The van der Waals surface area contributed by atoms with Crippen molar-refractivity contribution in [2.24, 2.45) is 5.41 Å². The molecule has 37 heavy (non-hydrogen) atoms. The summed E-state index contributed by atoms with van der Waals surface area (Å²) in [6, 6.07) is 18.1. The molecule has 0 saturated carbocycles. The molecule has 1 aliphatic rings. The van der Waals surface area contributed by atoms with Gasteiger partial charge in [-0.2, -0.15) is 0 Å². The lowest BCUT2D eigenvalue weighted by Gasteiger charge is -2.43. The van der Waals surface area contributed by atoms with E-state index >= 15 is 0 Å². The minimum absolute atomic E-state index is 0.0816. The molecule has 0 saturated heterocycles. The van der Waals surface area contributed by atoms with E-state index in [2.05, 4.69) is 48.8 Å². The van der Waals surface area contributed by atoms with Crippen LogP contribution >= 0.6 is 0 Å². The van der Waals surface area contributed by atoms with Crippen molar-refractivity contribution in [3.63, 3.8) is 0 Å². The van der Waals surface area contributed by atoms with Gasteiger partial charge in [0.05, 0.1) is 19.3 Å². The van der Waals surface area contributed by atoms with Crippen LogP contribution in [-0.2, 0) is 17.7 Å². The van der Waals surface area contributed by atoms with Crippen molar-refractivity contribution in [2.75, 3.05) is 25.2 Å². The monoisotopic (exact) mass is 505 g/mol.